The summed E-state index contributed by atoms with van der Waals surface area (Å²) in [6.07, 6.45) is 4.08. The zero-order chi connectivity index (χ0) is 17.5. The summed E-state index contributed by atoms with van der Waals surface area (Å²) in [5, 5.41) is 11.9. The van der Waals surface area contributed by atoms with Gasteiger partial charge in [0.15, 0.2) is 0 Å². The van der Waals surface area contributed by atoms with Crippen LogP contribution in [0.4, 0.5) is 0 Å². The number of carbonyl (C=O) groups excluding carboxylic acids is 1. The summed E-state index contributed by atoms with van der Waals surface area (Å²) < 4.78 is 1.86. The normalized spacial score (nSPS) is 12.2. The molecule has 0 radical (unpaired) electrons. The van der Waals surface area contributed by atoms with E-state index in [2.05, 4.69) is 10.3 Å². The van der Waals surface area contributed by atoms with Crippen LogP contribution in [0.3, 0.4) is 0 Å². The number of carbonyl (C=O) groups is 2. The van der Waals surface area contributed by atoms with E-state index in [9.17, 15) is 14.7 Å². The van der Waals surface area contributed by atoms with Crippen molar-refractivity contribution in [2.45, 2.75) is 44.5 Å². The maximum Gasteiger partial charge on any atom is 0.326 e. The van der Waals surface area contributed by atoms with Gasteiger partial charge in [-0.05, 0) is 24.8 Å². The molecular weight excluding hydrogens is 326 g/mol. The van der Waals surface area contributed by atoms with Crippen molar-refractivity contribution < 1.29 is 14.7 Å². The van der Waals surface area contributed by atoms with Crippen LogP contribution in [-0.2, 0) is 21.9 Å². The van der Waals surface area contributed by atoms with Crippen LogP contribution >= 0.6 is 11.8 Å². The minimum absolute atomic E-state index is 0.0757. The Morgan fingerprint density at radius 3 is 2.79 bits per heavy atom. The SMILES string of the molecule is CCCCC(NC(=O)Cn1c(CSC)nc2ccccc21)C(=O)O. The number of nitrogens with one attached hydrogen (secondary N) is 1. The topological polar surface area (TPSA) is 84.2 Å². The van der Waals surface area contributed by atoms with Crippen LogP contribution in [0.25, 0.3) is 11.0 Å². The molecule has 2 N–H and O–H groups in total. The highest BCUT2D eigenvalue weighted by Crippen LogP contribution is 2.18. The lowest BCUT2D eigenvalue weighted by Gasteiger charge is -2.15. The second kappa shape index (κ2) is 8.73. The van der Waals surface area contributed by atoms with Gasteiger partial charge >= 0.3 is 5.97 Å². The van der Waals surface area contributed by atoms with Crippen molar-refractivity contribution in [2.75, 3.05) is 6.26 Å². The van der Waals surface area contributed by atoms with E-state index >= 15 is 0 Å². The van der Waals surface area contributed by atoms with Crippen LogP contribution < -0.4 is 5.32 Å². The minimum atomic E-state index is -0.989. The number of thioether (sulfide) groups is 1. The standard InChI is InChI=1S/C17H23N3O3S/c1-3-4-7-13(17(22)23)19-16(21)10-20-14-9-6-5-8-12(14)18-15(20)11-24-2/h5-6,8-9,13H,3-4,7,10-11H2,1-2H3,(H,19,21)(H,22,23). The van der Waals surface area contributed by atoms with Crippen molar-refractivity contribution in [3.05, 3.63) is 30.1 Å². The number of hydrogen-bond acceptors (Lipinski definition) is 4. The Hall–Kier alpha value is -2.02. The number of aromatic nitrogens is 2. The zero-order valence-corrected chi connectivity index (χ0v) is 14.8. The highest BCUT2D eigenvalue weighted by molar-refractivity contribution is 7.97. The molecule has 1 heterocycles. The van der Waals surface area contributed by atoms with E-state index < -0.39 is 12.0 Å². The molecule has 0 aliphatic heterocycles. The summed E-state index contributed by atoms with van der Waals surface area (Å²) in [6.45, 7) is 2.07. The molecule has 2 rings (SSSR count). The molecule has 1 aromatic carbocycles. The number of benzene rings is 1. The molecule has 0 spiro atoms. The van der Waals surface area contributed by atoms with Crippen LogP contribution in [0.5, 0.6) is 0 Å². The van der Waals surface area contributed by atoms with Crippen molar-refractivity contribution in [1.29, 1.82) is 0 Å². The van der Waals surface area contributed by atoms with Crippen molar-refractivity contribution in [1.82, 2.24) is 14.9 Å². The van der Waals surface area contributed by atoms with Gasteiger partial charge in [-0.2, -0.15) is 11.8 Å². The molecule has 0 saturated carbocycles. The molecule has 1 amide bonds. The van der Waals surface area contributed by atoms with Gasteiger partial charge in [0, 0.05) is 0 Å². The number of nitrogens with zero attached hydrogens (tertiary/aromatic N) is 2. The summed E-state index contributed by atoms with van der Waals surface area (Å²) in [5.74, 6) is 0.222. The van der Waals surface area contributed by atoms with Crippen LogP contribution in [0.1, 0.15) is 32.0 Å². The van der Waals surface area contributed by atoms with Crippen LogP contribution in [0, 0.1) is 0 Å². The summed E-state index contributed by atoms with van der Waals surface area (Å²) >= 11 is 1.63. The fraction of sp³-hybridized carbons (Fsp3) is 0.471. The fourth-order valence-electron chi connectivity index (χ4n) is 2.59. The first kappa shape index (κ1) is 18.3. The maximum atomic E-state index is 12.4. The number of aliphatic carboxylic acids is 1. The van der Waals surface area contributed by atoms with Gasteiger partial charge < -0.3 is 15.0 Å². The zero-order valence-electron chi connectivity index (χ0n) is 14.0. The molecule has 1 atom stereocenters. The molecule has 1 aromatic heterocycles. The predicted molar refractivity (Wildman–Crippen MR) is 96.0 cm³/mol. The van der Waals surface area contributed by atoms with Crippen LogP contribution in [0.15, 0.2) is 24.3 Å². The fourth-order valence-corrected chi connectivity index (χ4v) is 3.07. The smallest absolute Gasteiger partial charge is 0.326 e. The minimum Gasteiger partial charge on any atom is -0.480 e. The van der Waals surface area contributed by atoms with Crippen LogP contribution in [-0.4, -0.2) is 38.8 Å². The Kier molecular flexibility index (Phi) is 6.66. The van der Waals surface area contributed by atoms with Gasteiger partial charge in [0.25, 0.3) is 0 Å². The number of rotatable bonds is 9. The summed E-state index contributed by atoms with van der Waals surface area (Å²) in [6, 6.07) is 6.81. The third-order valence-corrected chi connectivity index (χ3v) is 4.34. The molecule has 7 heteroatoms. The molecule has 0 aliphatic carbocycles. The molecule has 130 valence electrons. The van der Waals surface area contributed by atoms with Gasteiger partial charge in [-0.15, -0.1) is 0 Å². The molecule has 2 aromatic rings. The Morgan fingerprint density at radius 1 is 1.38 bits per heavy atom. The average Bonchev–Trinajstić information content (AvgIpc) is 2.89. The average molecular weight is 349 g/mol. The highest BCUT2D eigenvalue weighted by atomic mass is 32.2. The van der Waals surface area contributed by atoms with E-state index in [0.29, 0.717) is 12.2 Å². The van der Waals surface area contributed by atoms with Crippen molar-refractivity contribution in [3.8, 4) is 0 Å². The van der Waals surface area contributed by atoms with Crippen molar-refractivity contribution >= 4 is 34.7 Å². The van der Waals surface area contributed by atoms with E-state index in [1.54, 1.807) is 11.8 Å². The Balaban J connectivity index is 2.17. The van der Waals surface area contributed by atoms with Crippen molar-refractivity contribution in [3.63, 3.8) is 0 Å². The highest BCUT2D eigenvalue weighted by Gasteiger charge is 2.20. The first-order valence-corrected chi connectivity index (χ1v) is 9.41. The summed E-state index contributed by atoms with van der Waals surface area (Å²) in [5.41, 5.74) is 1.73. The second-order valence-corrected chi connectivity index (χ2v) is 6.50. The van der Waals surface area contributed by atoms with E-state index in [0.717, 1.165) is 29.7 Å². The number of carboxylic acid groups (broad SMARTS) is 1. The summed E-state index contributed by atoms with van der Waals surface area (Å²) in [7, 11) is 0. The third-order valence-electron chi connectivity index (χ3n) is 3.79. The van der Waals surface area contributed by atoms with Crippen molar-refractivity contribution in [2.24, 2.45) is 0 Å². The number of unbranched alkanes of at least 4 members (excludes halogenated alkanes) is 1. The first-order valence-electron chi connectivity index (χ1n) is 8.02. The number of fused-ring (bicyclic) bond motifs is 1. The molecule has 0 fully saturated rings. The largest absolute Gasteiger partial charge is 0.480 e. The van der Waals surface area contributed by atoms with Gasteiger partial charge in [0.2, 0.25) is 5.91 Å². The van der Waals surface area contributed by atoms with Gasteiger partial charge in [0.05, 0.1) is 16.8 Å². The lowest BCUT2D eigenvalue weighted by Crippen LogP contribution is -2.42. The Morgan fingerprint density at radius 2 is 2.12 bits per heavy atom. The Labute approximate surface area is 145 Å². The molecular formula is C17H23N3O3S. The predicted octanol–water partition coefficient (Wildman–Crippen LogP) is 2.66. The Bertz CT molecular complexity index is 714. The molecule has 0 saturated heterocycles. The maximum absolute atomic E-state index is 12.4. The van der Waals surface area contributed by atoms with Gasteiger partial charge in [-0.3, -0.25) is 4.79 Å². The van der Waals surface area contributed by atoms with E-state index in [1.165, 1.54) is 0 Å². The van der Waals surface area contributed by atoms with E-state index in [-0.39, 0.29) is 12.5 Å². The molecule has 6 nitrogen and oxygen atoms in total. The molecule has 0 bridgehead atoms. The number of hydrogen-bond donors (Lipinski definition) is 2. The van der Waals surface area contributed by atoms with Crippen LogP contribution in [0.2, 0.25) is 0 Å². The third kappa shape index (κ3) is 4.50. The monoisotopic (exact) mass is 349 g/mol. The number of para-hydroxylation sites is 2. The van der Waals surface area contributed by atoms with Gasteiger partial charge in [-0.1, -0.05) is 31.9 Å². The second-order valence-electron chi connectivity index (χ2n) is 5.64. The number of imidazole rings is 1. The lowest BCUT2D eigenvalue weighted by molar-refractivity contribution is -0.142. The van der Waals surface area contributed by atoms with Gasteiger partial charge in [-0.25, -0.2) is 9.78 Å². The quantitative estimate of drug-likeness (QED) is 0.727. The molecule has 0 aliphatic rings. The number of amides is 1. The number of carboxylic acids is 1. The lowest BCUT2D eigenvalue weighted by atomic mass is 10.1. The molecule has 24 heavy (non-hydrogen) atoms. The van der Waals surface area contributed by atoms with Gasteiger partial charge in [0.1, 0.15) is 18.4 Å². The molecule has 1 unspecified atom stereocenters. The first-order chi connectivity index (χ1) is 11.6. The van der Waals surface area contributed by atoms with E-state index in [1.807, 2.05) is 42.0 Å². The van der Waals surface area contributed by atoms with E-state index in [4.69, 9.17) is 0 Å². The summed E-state index contributed by atoms with van der Waals surface area (Å²) in [4.78, 5) is 28.2.